The molecule has 2 aromatic carbocycles. The average Bonchev–Trinajstić information content (AvgIpc) is 2.86. The summed E-state index contributed by atoms with van der Waals surface area (Å²) in [6, 6.07) is 15.4. The number of carbonyl (C=O) groups is 1. The van der Waals surface area contributed by atoms with Crippen LogP contribution in [0.2, 0.25) is 0 Å². The van der Waals surface area contributed by atoms with Crippen LogP contribution in [0.1, 0.15) is 61.8 Å². The molecule has 4 nitrogen and oxygen atoms in total. The number of hydrogen-bond donors (Lipinski definition) is 2. The van der Waals surface area contributed by atoms with Crippen molar-refractivity contribution in [3.05, 3.63) is 77.4 Å². The van der Waals surface area contributed by atoms with Crippen LogP contribution in [0.4, 0.5) is 4.39 Å². The number of benzene rings is 2. The number of rotatable bonds is 7. The molecule has 2 N–H and O–H groups in total. The molecular weight excluding hydrogens is 425 g/mol. The number of carbonyl (C=O) groups excluding carboxylic acids is 1. The van der Waals surface area contributed by atoms with Gasteiger partial charge in [-0.25, -0.2) is 4.39 Å². The van der Waals surface area contributed by atoms with Crippen molar-refractivity contribution < 1.29 is 9.18 Å². The van der Waals surface area contributed by atoms with E-state index >= 15 is 0 Å². The quantitative estimate of drug-likeness (QED) is 0.392. The SMILES string of the molecule is CCc1cccc(-c2ccnc(C(C=N)C(=O)NC3CCCCC3)c2)c1-c1ccc(F)c(C)c1. The molecule has 1 aliphatic carbocycles. The van der Waals surface area contributed by atoms with Gasteiger partial charge in [0, 0.05) is 18.5 Å². The highest BCUT2D eigenvalue weighted by molar-refractivity contribution is 5.98. The number of aryl methyl sites for hydroxylation is 2. The molecule has 1 fully saturated rings. The Morgan fingerprint density at radius 1 is 1.15 bits per heavy atom. The lowest BCUT2D eigenvalue weighted by molar-refractivity contribution is -0.122. The van der Waals surface area contributed by atoms with Crippen LogP contribution < -0.4 is 5.32 Å². The maximum absolute atomic E-state index is 14.0. The zero-order chi connectivity index (χ0) is 24.1. The largest absolute Gasteiger partial charge is 0.352 e. The molecule has 1 heterocycles. The van der Waals surface area contributed by atoms with Gasteiger partial charge in [0.15, 0.2) is 0 Å². The van der Waals surface area contributed by atoms with Crippen LogP contribution in [0.25, 0.3) is 22.3 Å². The highest BCUT2D eigenvalue weighted by Gasteiger charge is 2.24. The third-order valence-electron chi connectivity index (χ3n) is 6.79. The van der Waals surface area contributed by atoms with Gasteiger partial charge in [-0.15, -0.1) is 0 Å². The first kappa shape index (κ1) is 23.8. The van der Waals surface area contributed by atoms with Crippen LogP contribution in [0.3, 0.4) is 0 Å². The van der Waals surface area contributed by atoms with Gasteiger partial charge < -0.3 is 10.7 Å². The van der Waals surface area contributed by atoms with Gasteiger partial charge in [0.25, 0.3) is 0 Å². The molecule has 0 aliphatic heterocycles. The average molecular weight is 458 g/mol. The summed E-state index contributed by atoms with van der Waals surface area (Å²) >= 11 is 0. The molecule has 1 amide bonds. The second-order valence-electron chi connectivity index (χ2n) is 9.11. The van der Waals surface area contributed by atoms with E-state index in [1.807, 2.05) is 36.4 Å². The molecule has 0 radical (unpaired) electrons. The number of halogens is 1. The Kier molecular flexibility index (Phi) is 7.51. The molecule has 1 saturated carbocycles. The van der Waals surface area contributed by atoms with Crippen molar-refractivity contribution in [2.45, 2.75) is 64.3 Å². The molecule has 5 heteroatoms. The summed E-state index contributed by atoms with van der Waals surface area (Å²) in [4.78, 5) is 17.5. The van der Waals surface area contributed by atoms with Crippen LogP contribution >= 0.6 is 0 Å². The molecule has 4 rings (SSSR count). The summed E-state index contributed by atoms with van der Waals surface area (Å²) in [5, 5.41) is 11.1. The van der Waals surface area contributed by atoms with Gasteiger partial charge >= 0.3 is 0 Å². The number of nitrogens with one attached hydrogen (secondary N) is 2. The fourth-order valence-electron chi connectivity index (χ4n) is 4.90. The fourth-order valence-corrected chi connectivity index (χ4v) is 4.90. The van der Waals surface area contributed by atoms with Crippen molar-refractivity contribution in [2.24, 2.45) is 0 Å². The summed E-state index contributed by atoms with van der Waals surface area (Å²) in [7, 11) is 0. The summed E-state index contributed by atoms with van der Waals surface area (Å²) in [5.41, 5.74) is 6.28. The molecule has 1 unspecified atom stereocenters. The van der Waals surface area contributed by atoms with Crippen molar-refractivity contribution in [1.82, 2.24) is 10.3 Å². The topological polar surface area (TPSA) is 65.8 Å². The lowest BCUT2D eigenvalue weighted by atomic mass is 9.88. The fraction of sp³-hybridized carbons (Fsp3) is 0.345. The van der Waals surface area contributed by atoms with Gasteiger partial charge in [-0.3, -0.25) is 9.78 Å². The Morgan fingerprint density at radius 2 is 1.94 bits per heavy atom. The van der Waals surface area contributed by atoms with Gasteiger partial charge in [-0.05, 0) is 83.8 Å². The van der Waals surface area contributed by atoms with E-state index in [-0.39, 0.29) is 17.8 Å². The van der Waals surface area contributed by atoms with Gasteiger partial charge in [-0.1, -0.05) is 50.5 Å². The molecule has 176 valence electrons. The molecule has 0 spiro atoms. The number of hydrogen-bond acceptors (Lipinski definition) is 3. The molecule has 0 saturated heterocycles. The third kappa shape index (κ3) is 5.09. The normalized spacial score (nSPS) is 15.0. The molecule has 1 aromatic heterocycles. The summed E-state index contributed by atoms with van der Waals surface area (Å²) < 4.78 is 14.0. The number of aromatic nitrogens is 1. The first-order chi connectivity index (χ1) is 16.5. The summed E-state index contributed by atoms with van der Waals surface area (Å²) in [6.07, 6.45) is 9.19. The molecule has 0 bridgehead atoms. The number of pyridine rings is 1. The van der Waals surface area contributed by atoms with Crippen LogP contribution in [0.15, 0.2) is 54.7 Å². The van der Waals surface area contributed by atoms with E-state index in [2.05, 4.69) is 23.3 Å². The minimum absolute atomic E-state index is 0.164. The predicted octanol–water partition coefficient (Wildman–Crippen LogP) is 6.61. The first-order valence-electron chi connectivity index (χ1n) is 12.2. The molecular formula is C29H32FN3O. The van der Waals surface area contributed by atoms with Crippen molar-refractivity contribution in [2.75, 3.05) is 0 Å². The van der Waals surface area contributed by atoms with Gasteiger partial charge in [0.05, 0.1) is 5.69 Å². The minimum atomic E-state index is -0.729. The monoisotopic (exact) mass is 457 g/mol. The van der Waals surface area contributed by atoms with Crippen molar-refractivity contribution in [3.63, 3.8) is 0 Å². The highest BCUT2D eigenvalue weighted by atomic mass is 19.1. The smallest absolute Gasteiger partial charge is 0.234 e. The van der Waals surface area contributed by atoms with Crippen LogP contribution in [0.5, 0.6) is 0 Å². The van der Waals surface area contributed by atoms with Gasteiger partial charge in [-0.2, -0.15) is 0 Å². The molecule has 34 heavy (non-hydrogen) atoms. The Hall–Kier alpha value is -3.34. The van der Waals surface area contributed by atoms with E-state index in [0.29, 0.717) is 11.3 Å². The van der Waals surface area contributed by atoms with Crippen molar-refractivity contribution in [3.8, 4) is 22.3 Å². The first-order valence-corrected chi connectivity index (χ1v) is 12.2. The van der Waals surface area contributed by atoms with E-state index in [9.17, 15) is 9.18 Å². The maximum atomic E-state index is 14.0. The summed E-state index contributed by atoms with van der Waals surface area (Å²) in [5.74, 6) is -1.11. The van der Waals surface area contributed by atoms with Crippen molar-refractivity contribution in [1.29, 1.82) is 5.41 Å². The zero-order valence-electron chi connectivity index (χ0n) is 19.9. The summed E-state index contributed by atoms with van der Waals surface area (Å²) in [6.45, 7) is 3.88. The van der Waals surface area contributed by atoms with Gasteiger partial charge in [0.1, 0.15) is 11.7 Å². The Bertz CT molecular complexity index is 1180. The highest BCUT2D eigenvalue weighted by Crippen LogP contribution is 2.36. The van der Waals surface area contributed by atoms with Crippen LogP contribution in [0, 0.1) is 18.2 Å². The maximum Gasteiger partial charge on any atom is 0.234 e. The zero-order valence-corrected chi connectivity index (χ0v) is 19.9. The standard InChI is InChI=1S/C29H32FN3O/c1-3-20-8-7-11-24(28(20)22-12-13-26(30)19(2)16-22)21-14-15-32-27(17-21)25(18-31)29(34)33-23-9-5-4-6-10-23/h7-8,11-18,23,25,31H,3-6,9-10H2,1-2H3,(H,33,34). The van der Waals surface area contributed by atoms with Crippen molar-refractivity contribution >= 4 is 12.1 Å². The number of nitrogens with zero attached hydrogens (tertiary/aromatic N) is 1. The second-order valence-corrected chi connectivity index (χ2v) is 9.11. The molecule has 3 aromatic rings. The lowest BCUT2D eigenvalue weighted by Crippen LogP contribution is -2.39. The Labute approximate surface area is 201 Å². The van der Waals surface area contributed by atoms with Gasteiger partial charge in [0.2, 0.25) is 5.91 Å². The van der Waals surface area contributed by atoms with Crippen LogP contribution in [-0.4, -0.2) is 23.1 Å². The van der Waals surface area contributed by atoms with E-state index in [4.69, 9.17) is 5.41 Å². The minimum Gasteiger partial charge on any atom is -0.352 e. The van der Waals surface area contributed by atoms with E-state index in [1.165, 1.54) is 24.3 Å². The van der Waals surface area contributed by atoms with Crippen LogP contribution in [-0.2, 0) is 11.2 Å². The Balaban J connectivity index is 1.71. The van der Waals surface area contributed by atoms with E-state index in [0.717, 1.165) is 54.4 Å². The number of amides is 1. The van der Waals surface area contributed by atoms with E-state index < -0.39 is 5.92 Å². The predicted molar refractivity (Wildman–Crippen MR) is 136 cm³/mol. The molecule has 1 atom stereocenters. The third-order valence-corrected chi connectivity index (χ3v) is 6.79. The van der Waals surface area contributed by atoms with E-state index in [1.54, 1.807) is 13.1 Å². The molecule has 1 aliphatic rings. The second kappa shape index (κ2) is 10.7. The Morgan fingerprint density at radius 3 is 2.65 bits per heavy atom. The lowest BCUT2D eigenvalue weighted by Gasteiger charge is -2.24.